The zero-order chi connectivity index (χ0) is 17.9. The summed E-state index contributed by atoms with van der Waals surface area (Å²) < 4.78 is 7.19. The highest BCUT2D eigenvalue weighted by molar-refractivity contribution is 5.93. The Balaban J connectivity index is 1.61. The van der Waals surface area contributed by atoms with Gasteiger partial charge in [0.05, 0.1) is 24.7 Å². The first kappa shape index (κ1) is 16.6. The van der Waals surface area contributed by atoms with Gasteiger partial charge in [0, 0.05) is 5.69 Å². The molecule has 1 amide bonds. The fourth-order valence-electron chi connectivity index (χ4n) is 2.98. The molecule has 1 aliphatic rings. The number of amides is 1. The maximum Gasteiger partial charge on any atom is 0.240 e. The van der Waals surface area contributed by atoms with E-state index in [4.69, 9.17) is 4.74 Å². The zero-order valence-electron chi connectivity index (χ0n) is 14.7. The van der Waals surface area contributed by atoms with Gasteiger partial charge in [0.15, 0.2) is 0 Å². The lowest BCUT2D eigenvalue weighted by Gasteiger charge is -2.11. The van der Waals surface area contributed by atoms with Crippen molar-refractivity contribution in [3.05, 3.63) is 48.5 Å². The van der Waals surface area contributed by atoms with Gasteiger partial charge in [0.2, 0.25) is 11.9 Å². The van der Waals surface area contributed by atoms with Crippen molar-refractivity contribution in [1.82, 2.24) is 14.9 Å². The average molecular weight is 350 g/mol. The van der Waals surface area contributed by atoms with Crippen molar-refractivity contribution in [3.63, 3.8) is 0 Å². The van der Waals surface area contributed by atoms with Crippen molar-refractivity contribution in [1.29, 1.82) is 0 Å². The lowest BCUT2D eigenvalue weighted by atomic mass is 10.2. The van der Waals surface area contributed by atoms with E-state index in [0.717, 1.165) is 34.9 Å². The molecule has 0 saturated heterocycles. The number of benzene rings is 2. The summed E-state index contributed by atoms with van der Waals surface area (Å²) in [5.41, 5.74) is 2.70. The second kappa shape index (κ2) is 7.17. The van der Waals surface area contributed by atoms with Crippen molar-refractivity contribution in [2.75, 3.05) is 25.5 Å². The predicted octanol–water partition coefficient (Wildman–Crippen LogP) is 2.97. The molecule has 2 aromatic carbocycles. The van der Waals surface area contributed by atoms with Crippen LogP contribution in [0.3, 0.4) is 0 Å². The first-order valence-electron chi connectivity index (χ1n) is 8.87. The minimum atomic E-state index is -0.0873. The second-order valence-corrected chi connectivity index (χ2v) is 6.58. The zero-order valence-corrected chi connectivity index (χ0v) is 14.7. The molecule has 26 heavy (non-hydrogen) atoms. The first-order valence-corrected chi connectivity index (χ1v) is 8.87. The summed E-state index contributed by atoms with van der Waals surface area (Å²) in [6.45, 7) is 1.20. The summed E-state index contributed by atoms with van der Waals surface area (Å²) in [7, 11) is 1.64. The fraction of sp³-hybridized carbons (Fsp3) is 0.300. The molecule has 6 nitrogen and oxygen atoms in total. The summed E-state index contributed by atoms with van der Waals surface area (Å²) in [4.78, 5) is 16.9. The molecule has 0 unspecified atom stereocenters. The highest BCUT2D eigenvalue weighted by Crippen LogP contribution is 2.28. The van der Waals surface area contributed by atoms with Crippen molar-refractivity contribution >= 4 is 22.9 Å². The van der Waals surface area contributed by atoms with Crippen molar-refractivity contribution < 1.29 is 9.53 Å². The standard InChI is InChI=1S/C20H22N4O2/c1-26-16-10-8-15(9-11-16)24-18-5-3-2-4-17(18)22-20(24)23-19(25)13-21-12-14-6-7-14/h2-5,8-11,14,21H,6-7,12-13H2,1H3,(H,22,23,25). The van der Waals surface area contributed by atoms with Gasteiger partial charge in [-0.05, 0) is 61.7 Å². The minimum Gasteiger partial charge on any atom is -0.497 e. The number of anilines is 1. The molecule has 1 fully saturated rings. The van der Waals surface area contributed by atoms with Crippen molar-refractivity contribution in [3.8, 4) is 11.4 Å². The Morgan fingerprint density at radius 1 is 1.19 bits per heavy atom. The average Bonchev–Trinajstić information content (AvgIpc) is 3.41. The molecule has 0 atom stereocenters. The van der Waals surface area contributed by atoms with Crippen LogP contribution in [-0.4, -0.2) is 35.7 Å². The number of ether oxygens (including phenoxy) is 1. The number of hydrogen-bond donors (Lipinski definition) is 2. The van der Waals surface area contributed by atoms with Gasteiger partial charge < -0.3 is 10.1 Å². The Morgan fingerprint density at radius 3 is 2.69 bits per heavy atom. The van der Waals surface area contributed by atoms with Gasteiger partial charge in [-0.2, -0.15) is 0 Å². The summed E-state index contributed by atoms with van der Waals surface area (Å²) in [6.07, 6.45) is 2.53. The number of hydrogen-bond acceptors (Lipinski definition) is 4. The van der Waals surface area contributed by atoms with E-state index in [1.165, 1.54) is 12.8 Å². The maximum atomic E-state index is 12.3. The van der Waals surface area contributed by atoms with E-state index in [9.17, 15) is 4.79 Å². The van der Waals surface area contributed by atoms with Gasteiger partial charge in [0.25, 0.3) is 0 Å². The number of methoxy groups -OCH3 is 1. The lowest BCUT2D eigenvalue weighted by molar-refractivity contribution is -0.115. The Hall–Kier alpha value is -2.86. The second-order valence-electron chi connectivity index (χ2n) is 6.58. The molecule has 0 aliphatic heterocycles. The van der Waals surface area contributed by atoms with Crippen LogP contribution in [0.25, 0.3) is 16.7 Å². The number of nitrogens with zero attached hydrogens (tertiary/aromatic N) is 2. The van der Waals surface area contributed by atoms with E-state index in [-0.39, 0.29) is 5.91 Å². The van der Waals surface area contributed by atoms with Gasteiger partial charge in [-0.3, -0.25) is 14.7 Å². The van der Waals surface area contributed by atoms with Crippen LogP contribution >= 0.6 is 0 Å². The Labute approximate surface area is 152 Å². The van der Waals surface area contributed by atoms with E-state index < -0.39 is 0 Å². The smallest absolute Gasteiger partial charge is 0.240 e. The van der Waals surface area contributed by atoms with Crippen molar-refractivity contribution in [2.45, 2.75) is 12.8 Å². The van der Waals surface area contributed by atoms with Crippen LogP contribution in [0.5, 0.6) is 5.75 Å². The van der Waals surface area contributed by atoms with Crippen LogP contribution in [-0.2, 0) is 4.79 Å². The maximum absolute atomic E-state index is 12.3. The van der Waals surface area contributed by atoms with Crippen LogP contribution in [0.1, 0.15) is 12.8 Å². The summed E-state index contributed by atoms with van der Waals surface area (Å²) in [5, 5.41) is 6.15. The molecular formula is C20H22N4O2. The quantitative estimate of drug-likeness (QED) is 0.687. The van der Waals surface area contributed by atoms with Crippen LogP contribution in [0.15, 0.2) is 48.5 Å². The third-order valence-electron chi connectivity index (χ3n) is 4.56. The third kappa shape index (κ3) is 3.55. The lowest BCUT2D eigenvalue weighted by Crippen LogP contribution is -2.30. The van der Waals surface area contributed by atoms with E-state index in [1.54, 1.807) is 7.11 Å². The molecule has 134 valence electrons. The van der Waals surface area contributed by atoms with Gasteiger partial charge in [-0.15, -0.1) is 0 Å². The van der Waals surface area contributed by atoms with Gasteiger partial charge in [-0.1, -0.05) is 12.1 Å². The van der Waals surface area contributed by atoms with Crippen LogP contribution in [0.4, 0.5) is 5.95 Å². The molecule has 2 N–H and O–H groups in total. The predicted molar refractivity (Wildman–Crippen MR) is 102 cm³/mol. The number of para-hydroxylation sites is 2. The molecule has 1 heterocycles. The summed E-state index contributed by atoms with van der Waals surface area (Å²) in [5.74, 6) is 1.96. The number of imidazole rings is 1. The minimum absolute atomic E-state index is 0.0873. The number of carbonyl (C=O) groups is 1. The number of rotatable bonds is 7. The van der Waals surface area contributed by atoms with Gasteiger partial charge in [0.1, 0.15) is 5.75 Å². The summed E-state index contributed by atoms with van der Waals surface area (Å²) in [6, 6.07) is 15.5. The van der Waals surface area contributed by atoms with E-state index in [0.29, 0.717) is 12.5 Å². The largest absolute Gasteiger partial charge is 0.497 e. The number of aromatic nitrogens is 2. The number of fused-ring (bicyclic) bond motifs is 1. The monoisotopic (exact) mass is 350 g/mol. The van der Waals surface area contributed by atoms with E-state index >= 15 is 0 Å². The highest BCUT2D eigenvalue weighted by atomic mass is 16.5. The van der Waals surface area contributed by atoms with Crippen molar-refractivity contribution in [2.24, 2.45) is 5.92 Å². The number of carbonyl (C=O) groups excluding carboxylic acids is 1. The van der Waals surface area contributed by atoms with Crippen LogP contribution < -0.4 is 15.4 Å². The molecule has 6 heteroatoms. The third-order valence-corrected chi connectivity index (χ3v) is 4.56. The molecule has 0 radical (unpaired) electrons. The SMILES string of the molecule is COc1ccc(-n2c(NC(=O)CNCC3CC3)nc3ccccc32)cc1. The normalized spacial score (nSPS) is 13.7. The Morgan fingerprint density at radius 2 is 1.96 bits per heavy atom. The van der Waals surface area contributed by atoms with Crippen LogP contribution in [0, 0.1) is 5.92 Å². The highest BCUT2D eigenvalue weighted by Gasteiger charge is 2.21. The molecular weight excluding hydrogens is 328 g/mol. The van der Waals surface area contributed by atoms with Gasteiger partial charge in [-0.25, -0.2) is 4.98 Å². The molecule has 1 aliphatic carbocycles. The van der Waals surface area contributed by atoms with Crippen LogP contribution in [0.2, 0.25) is 0 Å². The first-order chi connectivity index (χ1) is 12.7. The van der Waals surface area contributed by atoms with E-state index in [2.05, 4.69) is 15.6 Å². The Kier molecular flexibility index (Phi) is 4.58. The molecule has 1 saturated carbocycles. The summed E-state index contributed by atoms with van der Waals surface area (Å²) >= 11 is 0. The Bertz CT molecular complexity index is 913. The van der Waals surface area contributed by atoms with E-state index in [1.807, 2.05) is 53.1 Å². The molecule has 1 aromatic heterocycles. The fourth-order valence-corrected chi connectivity index (χ4v) is 2.98. The molecule has 3 aromatic rings. The molecule has 0 spiro atoms. The topological polar surface area (TPSA) is 68.2 Å². The number of nitrogens with one attached hydrogen (secondary N) is 2. The molecule has 4 rings (SSSR count). The van der Waals surface area contributed by atoms with Gasteiger partial charge >= 0.3 is 0 Å². The molecule has 0 bridgehead atoms.